The van der Waals surface area contributed by atoms with E-state index in [9.17, 15) is 0 Å². The smallest absolute Gasteiger partial charge is 0.408 e. The van der Waals surface area contributed by atoms with Crippen LogP contribution in [0.1, 0.15) is 95.0 Å². The molecule has 0 atom stereocenters. The van der Waals surface area contributed by atoms with Crippen LogP contribution in [-0.4, -0.2) is 39.9 Å². The first-order valence-electron chi connectivity index (χ1n) is 15.0. The highest BCUT2D eigenvalue weighted by Gasteiger charge is 2.52. The molecule has 2 fully saturated rings. The van der Waals surface area contributed by atoms with Crippen molar-refractivity contribution in [3.05, 3.63) is 64.2 Å². The quantitative estimate of drug-likeness (QED) is 0.318. The average molecular weight is 551 g/mol. The maximum atomic E-state index is 6.94. The number of ether oxygens (including phenoxy) is 1. The van der Waals surface area contributed by atoms with Gasteiger partial charge >= 0.3 is 7.12 Å². The molecule has 0 aromatic heterocycles. The highest BCUT2D eigenvalue weighted by Crippen LogP contribution is 2.44. The van der Waals surface area contributed by atoms with Crippen molar-refractivity contribution >= 4 is 20.9 Å². The Hall–Kier alpha value is -1.44. The lowest BCUT2D eigenvalue weighted by atomic mass is 9.67. The van der Waals surface area contributed by atoms with E-state index in [1.165, 1.54) is 27.8 Å². The number of benzene rings is 2. The largest absolute Gasteiger partial charge is 0.495 e. The van der Waals surface area contributed by atoms with Crippen LogP contribution in [0, 0.1) is 13.8 Å². The Balaban J connectivity index is 1.71. The summed E-state index contributed by atoms with van der Waals surface area (Å²) in [6, 6.07) is 14.1. The van der Waals surface area contributed by atoms with E-state index in [2.05, 4.69) is 111 Å². The molecule has 2 heterocycles. The van der Waals surface area contributed by atoms with E-state index in [1.54, 1.807) is 0 Å². The molecule has 0 saturated carbocycles. The van der Waals surface area contributed by atoms with Gasteiger partial charge in [-0.25, -0.2) is 0 Å². The van der Waals surface area contributed by atoms with Crippen LogP contribution in [0.2, 0.25) is 19.6 Å². The maximum Gasteiger partial charge on any atom is 0.495 e. The summed E-state index contributed by atoms with van der Waals surface area (Å²) in [4.78, 5) is 0. The molecule has 2 aromatic rings. The van der Waals surface area contributed by atoms with E-state index in [4.69, 9.17) is 18.5 Å². The van der Waals surface area contributed by atoms with Crippen LogP contribution >= 0.6 is 0 Å². The topological polar surface area (TPSA) is 36.9 Å². The van der Waals surface area contributed by atoms with Crippen LogP contribution in [-0.2, 0) is 29.5 Å². The van der Waals surface area contributed by atoms with Gasteiger partial charge in [-0.3, -0.25) is 0 Å². The molecule has 214 valence electrons. The lowest BCUT2D eigenvalue weighted by molar-refractivity contribution is -0.0555. The summed E-state index contributed by atoms with van der Waals surface area (Å²) in [5.74, 6) is 0. The molecule has 0 bridgehead atoms. The molecule has 4 nitrogen and oxygen atoms in total. The molecule has 0 aliphatic carbocycles. The zero-order valence-electron chi connectivity index (χ0n) is 26.4. The second-order valence-electron chi connectivity index (χ2n) is 13.8. The van der Waals surface area contributed by atoms with Gasteiger partial charge in [0.1, 0.15) is 0 Å². The molecule has 4 rings (SSSR count). The summed E-state index contributed by atoms with van der Waals surface area (Å²) >= 11 is 0. The van der Waals surface area contributed by atoms with E-state index in [0.717, 1.165) is 44.4 Å². The highest BCUT2D eigenvalue weighted by atomic mass is 28.4. The molecule has 2 saturated heterocycles. The van der Waals surface area contributed by atoms with Crippen molar-refractivity contribution in [2.45, 2.75) is 123 Å². The number of hydrogen-bond acceptors (Lipinski definition) is 4. The van der Waals surface area contributed by atoms with Gasteiger partial charge in [0, 0.05) is 31.5 Å². The second-order valence-corrected chi connectivity index (χ2v) is 18.2. The van der Waals surface area contributed by atoms with Gasteiger partial charge in [0.25, 0.3) is 0 Å². The summed E-state index contributed by atoms with van der Waals surface area (Å²) in [7, 11) is -2.10. The van der Waals surface area contributed by atoms with Crippen molar-refractivity contribution in [3.8, 4) is 0 Å². The van der Waals surface area contributed by atoms with Crippen LogP contribution in [0.3, 0.4) is 0 Å². The van der Waals surface area contributed by atoms with Crippen molar-refractivity contribution in [1.82, 2.24) is 0 Å². The van der Waals surface area contributed by atoms with Gasteiger partial charge in [0.2, 0.25) is 0 Å². The Bertz CT molecular complexity index is 1160. The Morgan fingerprint density at radius 2 is 1.33 bits per heavy atom. The third-order valence-electron chi connectivity index (χ3n) is 9.61. The monoisotopic (exact) mass is 550 g/mol. The maximum absolute atomic E-state index is 6.94. The fourth-order valence-electron chi connectivity index (χ4n) is 6.63. The van der Waals surface area contributed by atoms with E-state index >= 15 is 0 Å². The fraction of sp³-hybridized carbons (Fsp3) is 0.636. The van der Waals surface area contributed by atoms with Crippen LogP contribution in [0.25, 0.3) is 0 Å². The number of rotatable bonds is 8. The Labute approximate surface area is 239 Å². The molecule has 0 N–H and O–H groups in total. The summed E-state index contributed by atoms with van der Waals surface area (Å²) < 4.78 is 25.5. The van der Waals surface area contributed by atoms with Gasteiger partial charge in [-0.2, -0.15) is 0 Å². The van der Waals surface area contributed by atoms with Crippen molar-refractivity contribution < 1.29 is 18.5 Å². The van der Waals surface area contributed by atoms with Gasteiger partial charge < -0.3 is 18.5 Å². The van der Waals surface area contributed by atoms with Gasteiger partial charge in [-0.05, 0) is 102 Å². The van der Waals surface area contributed by atoms with Crippen molar-refractivity contribution in [2.24, 2.45) is 0 Å². The Morgan fingerprint density at radius 3 is 1.79 bits per heavy atom. The van der Waals surface area contributed by atoms with E-state index in [-0.39, 0.29) is 29.3 Å². The lowest BCUT2D eigenvalue weighted by Crippen LogP contribution is -2.45. The third-order valence-corrected chi connectivity index (χ3v) is 10.6. The highest BCUT2D eigenvalue weighted by molar-refractivity contribution is 6.69. The Kier molecular flexibility index (Phi) is 8.42. The molecule has 6 heteroatoms. The second kappa shape index (κ2) is 10.8. The predicted octanol–water partition coefficient (Wildman–Crippen LogP) is 7.57. The van der Waals surface area contributed by atoms with E-state index < -0.39 is 8.32 Å². The summed E-state index contributed by atoms with van der Waals surface area (Å²) in [6.45, 7) is 25.9. The first kappa shape index (κ1) is 30.5. The summed E-state index contributed by atoms with van der Waals surface area (Å²) in [5.41, 5.74) is 6.74. The predicted molar refractivity (Wildman–Crippen MR) is 166 cm³/mol. The molecule has 2 aliphatic heterocycles. The van der Waals surface area contributed by atoms with Crippen molar-refractivity contribution in [3.63, 3.8) is 0 Å². The SMILES string of the molecule is CCC(CC)(c1ccc(B2OC(C)(C)C(C)(C)O2)c(C)c1)c1ccc(C2(O[Si](C)(C)C)CCOCC2)c(C)c1. The molecule has 2 aliphatic rings. The molecule has 0 unspecified atom stereocenters. The van der Waals surface area contributed by atoms with Crippen molar-refractivity contribution in [2.75, 3.05) is 13.2 Å². The standard InChI is InChI=1S/C33H51BO4Si/c1-12-32(13-2,27-15-17-29(25(4)23-27)34-36-30(5,6)31(7,8)37-34)26-14-16-28(24(3)22-26)33(38-39(9,10)11)18-20-35-21-19-33/h14-17,22-23H,12-13,18-21H2,1-11H3. The molecule has 0 spiro atoms. The van der Waals surface area contributed by atoms with Crippen LogP contribution in [0.4, 0.5) is 0 Å². The molecule has 39 heavy (non-hydrogen) atoms. The van der Waals surface area contributed by atoms with Crippen LogP contribution in [0.15, 0.2) is 36.4 Å². The average Bonchev–Trinajstić information content (AvgIpc) is 3.06. The minimum Gasteiger partial charge on any atom is -0.408 e. The van der Waals surface area contributed by atoms with E-state index in [0.29, 0.717) is 0 Å². The van der Waals surface area contributed by atoms with E-state index in [1.807, 2.05) is 0 Å². The number of hydrogen-bond donors (Lipinski definition) is 0. The normalized spacial score (nSPS) is 20.8. The fourth-order valence-corrected chi connectivity index (χ4v) is 8.11. The van der Waals surface area contributed by atoms with Crippen LogP contribution < -0.4 is 5.46 Å². The Morgan fingerprint density at radius 1 is 0.821 bits per heavy atom. The first-order chi connectivity index (χ1) is 18.1. The minimum absolute atomic E-state index is 0.0645. The summed E-state index contributed by atoms with van der Waals surface area (Å²) in [5, 5.41) is 0. The summed E-state index contributed by atoms with van der Waals surface area (Å²) in [6.07, 6.45) is 3.90. The van der Waals surface area contributed by atoms with Gasteiger partial charge in [-0.1, -0.05) is 55.8 Å². The van der Waals surface area contributed by atoms with Gasteiger partial charge in [-0.15, -0.1) is 0 Å². The van der Waals surface area contributed by atoms with Crippen molar-refractivity contribution in [1.29, 1.82) is 0 Å². The minimum atomic E-state index is -1.76. The zero-order valence-corrected chi connectivity index (χ0v) is 27.4. The van der Waals surface area contributed by atoms with Gasteiger partial charge in [0.15, 0.2) is 8.32 Å². The van der Waals surface area contributed by atoms with Gasteiger partial charge in [0.05, 0.1) is 16.8 Å². The molecular weight excluding hydrogens is 499 g/mol. The van der Waals surface area contributed by atoms with Crippen LogP contribution in [0.5, 0.6) is 0 Å². The first-order valence-corrected chi connectivity index (χ1v) is 18.4. The molecule has 0 amide bonds. The molecule has 0 radical (unpaired) electrons. The zero-order chi connectivity index (χ0) is 28.9. The number of aryl methyl sites for hydroxylation is 2. The third kappa shape index (κ3) is 5.70. The molecular formula is C33H51BO4Si. The molecule has 2 aromatic carbocycles. The lowest BCUT2D eigenvalue weighted by Gasteiger charge is -2.43.